The minimum atomic E-state index is -0.393. The number of aromatic nitrogens is 2. The Morgan fingerprint density at radius 1 is 1.47 bits per heavy atom. The fourth-order valence-corrected chi connectivity index (χ4v) is 1.81. The zero-order valence-corrected chi connectivity index (χ0v) is 12.0. The molecule has 106 valence electrons. The van der Waals surface area contributed by atoms with Crippen LogP contribution in [0.3, 0.4) is 0 Å². The second-order valence-electron chi connectivity index (χ2n) is 6.02. The zero-order chi connectivity index (χ0) is 14.0. The van der Waals surface area contributed by atoms with Crippen molar-refractivity contribution in [3.63, 3.8) is 0 Å². The number of hydrogen-bond donors (Lipinski definition) is 0. The molecule has 1 atom stereocenters. The molecular formula is C13H21N3O3. The second kappa shape index (κ2) is 5.38. The molecule has 1 unspecified atom stereocenters. The Morgan fingerprint density at radius 2 is 2.21 bits per heavy atom. The lowest BCUT2D eigenvalue weighted by Crippen LogP contribution is -2.35. The molecule has 0 N–H and O–H groups in total. The van der Waals surface area contributed by atoms with E-state index in [-0.39, 0.29) is 18.3 Å². The van der Waals surface area contributed by atoms with E-state index in [1.165, 1.54) is 0 Å². The predicted molar refractivity (Wildman–Crippen MR) is 68.7 cm³/mol. The molecule has 0 amide bonds. The number of ether oxygens (including phenoxy) is 1. The largest absolute Gasteiger partial charge is 0.367 e. The second-order valence-corrected chi connectivity index (χ2v) is 6.02. The number of Topliss-reactive ketones (excluding diaryl/α,β-unsaturated/α-hetero) is 1. The minimum absolute atomic E-state index is 0.0874. The normalized spacial score (nSPS) is 21.6. The van der Waals surface area contributed by atoms with Crippen molar-refractivity contribution in [2.75, 3.05) is 26.7 Å². The lowest BCUT2D eigenvalue weighted by molar-refractivity contribution is -0.125. The fourth-order valence-electron chi connectivity index (χ4n) is 1.81. The highest BCUT2D eigenvalue weighted by molar-refractivity contribution is 5.84. The standard InChI is InChI=1S/C13H21N3O3/c1-13(2,3)10(17)7-11-14-12(15-19-11)9-8-16(4)5-6-18-9/h9H,5-8H2,1-4H3. The summed E-state index contributed by atoms with van der Waals surface area (Å²) >= 11 is 0. The van der Waals surface area contributed by atoms with Crippen LogP contribution >= 0.6 is 0 Å². The van der Waals surface area contributed by atoms with E-state index in [1.807, 2.05) is 27.8 Å². The van der Waals surface area contributed by atoms with Crippen LogP contribution in [0.4, 0.5) is 0 Å². The summed E-state index contributed by atoms with van der Waals surface area (Å²) in [5, 5.41) is 3.92. The van der Waals surface area contributed by atoms with Crippen LogP contribution in [-0.2, 0) is 16.0 Å². The maximum atomic E-state index is 11.9. The average molecular weight is 267 g/mol. The summed E-state index contributed by atoms with van der Waals surface area (Å²) in [7, 11) is 2.03. The summed E-state index contributed by atoms with van der Waals surface area (Å²) < 4.78 is 10.7. The van der Waals surface area contributed by atoms with Gasteiger partial charge < -0.3 is 14.2 Å². The van der Waals surface area contributed by atoms with E-state index in [0.717, 1.165) is 13.1 Å². The van der Waals surface area contributed by atoms with Gasteiger partial charge in [-0.25, -0.2) is 0 Å². The number of ketones is 1. The molecule has 0 spiro atoms. The summed E-state index contributed by atoms with van der Waals surface area (Å²) in [6.07, 6.45) is 0.0139. The van der Waals surface area contributed by atoms with Crippen LogP contribution in [-0.4, -0.2) is 47.6 Å². The van der Waals surface area contributed by atoms with Crippen molar-refractivity contribution >= 4 is 5.78 Å². The lowest BCUT2D eigenvalue weighted by Gasteiger charge is -2.27. The van der Waals surface area contributed by atoms with Crippen molar-refractivity contribution in [3.8, 4) is 0 Å². The highest BCUT2D eigenvalue weighted by Gasteiger charge is 2.27. The summed E-state index contributed by atoms with van der Waals surface area (Å²) in [5.41, 5.74) is -0.393. The van der Waals surface area contributed by atoms with Gasteiger partial charge in [0.2, 0.25) is 11.7 Å². The van der Waals surface area contributed by atoms with Gasteiger partial charge in [-0.05, 0) is 7.05 Å². The van der Waals surface area contributed by atoms with E-state index in [9.17, 15) is 4.79 Å². The van der Waals surface area contributed by atoms with Crippen LogP contribution in [0.1, 0.15) is 38.6 Å². The quantitative estimate of drug-likeness (QED) is 0.820. The van der Waals surface area contributed by atoms with Crippen LogP contribution in [0.25, 0.3) is 0 Å². The molecule has 1 fully saturated rings. The number of carbonyl (C=O) groups excluding carboxylic acids is 1. The van der Waals surface area contributed by atoms with Crippen molar-refractivity contribution in [2.24, 2.45) is 5.41 Å². The number of morpholine rings is 1. The molecule has 1 aliphatic heterocycles. The summed E-state index contributed by atoms with van der Waals surface area (Å²) in [6.45, 7) is 7.95. The van der Waals surface area contributed by atoms with E-state index in [2.05, 4.69) is 15.0 Å². The molecule has 1 aromatic rings. The third kappa shape index (κ3) is 3.61. The maximum Gasteiger partial charge on any atom is 0.234 e. The van der Waals surface area contributed by atoms with Gasteiger partial charge in [0.25, 0.3) is 0 Å². The van der Waals surface area contributed by atoms with Crippen LogP contribution in [0.5, 0.6) is 0 Å². The summed E-state index contributed by atoms with van der Waals surface area (Å²) in [5.74, 6) is 0.986. The molecule has 0 aliphatic carbocycles. The third-order valence-corrected chi connectivity index (χ3v) is 3.19. The van der Waals surface area contributed by atoms with Gasteiger partial charge in [-0.1, -0.05) is 25.9 Å². The van der Waals surface area contributed by atoms with E-state index in [4.69, 9.17) is 9.26 Å². The number of nitrogens with zero attached hydrogens (tertiary/aromatic N) is 3. The Hall–Kier alpha value is -1.27. The lowest BCUT2D eigenvalue weighted by atomic mass is 9.89. The van der Waals surface area contributed by atoms with E-state index < -0.39 is 5.41 Å². The topological polar surface area (TPSA) is 68.5 Å². The first-order chi connectivity index (χ1) is 8.86. The van der Waals surface area contributed by atoms with Gasteiger partial charge in [0.15, 0.2) is 0 Å². The molecule has 0 aromatic carbocycles. The number of likely N-dealkylation sites (N-methyl/N-ethyl adjacent to an activating group) is 1. The van der Waals surface area contributed by atoms with E-state index in [1.54, 1.807) is 0 Å². The first-order valence-electron chi connectivity index (χ1n) is 6.52. The van der Waals surface area contributed by atoms with Crippen molar-refractivity contribution in [1.29, 1.82) is 0 Å². The minimum Gasteiger partial charge on any atom is -0.367 e. The van der Waals surface area contributed by atoms with Gasteiger partial charge in [-0.2, -0.15) is 4.98 Å². The van der Waals surface area contributed by atoms with Gasteiger partial charge in [-0.3, -0.25) is 4.79 Å². The van der Waals surface area contributed by atoms with Gasteiger partial charge in [0.05, 0.1) is 13.0 Å². The summed E-state index contributed by atoms with van der Waals surface area (Å²) in [6, 6.07) is 0. The Labute approximate surface area is 113 Å². The Kier molecular flexibility index (Phi) is 4.01. The van der Waals surface area contributed by atoms with E-state index in [0.29, 0.717) is 18.3 Å². The molecular weight excluding hydrogens is 246 g/mol. The van der Waals surface area contributed by atoms with E-state index >= 15 is 0 Å². The predicted octanol–water partition coefficient (Wildman–Crippen LogP) is 1.23. The van der Waals surface area contributed by atoms with Gasteiger partial charge in [0.1, 0.15) is 11.9 Å². The Balaban J connectivity index is 2.01. The van der Waals surface area contributed by atoms with Gasteiger partial charge in [-0.15, -0.1) is 0 Å². The highest BCUT2D eigenvalue weighted by atomic mass is 16.5. The molecule has 19 heavy (non-hydrogen) atoms. The van der Waals surface area contributed by atoms with Gasteiger partial charge >= 0.3 is 0 Å². The van der Waals surface area contributed by atoms with Crippen LogP contribution in [0.2, 0.25) is 0 Å². The SMILES string of the molecule is CN1CCOC(c2noc(CC(=O)C(C)(C)C)n2)C1. The molecule has 6 nitrogen and oxygen atoms in total. The smallest absolute Gasteiger partial charge is 0.234 e. The van der Waals surface area contributed by atoms with Crippen LogP contribution in [0.15, 0.2) is 4.52 Å². The highest BCUT2D eigenvalue weighted by Crippen LogP contribution is 2.21. The molecule has 1 aliphatic rings. The molecule has 2 heterocycles. The molecule has 1 aromatic heterocycles. The van der Waals surface area contributed by atoms with Gasteiger partial charge in [0, 0.05) is 18.5 Å². The average Bonchev–Trinajstić information content (AvgIpc) is 2.76. The number of rotatable bonds is 3. The molecule has 0 radical (unpaired) electrons. The molecule has 0 saturated carbocycles. The fraction of sp³-hybridized carbons (Fsp3) is 0.769. The number of hydrogen-bond acceptors (Lipinski definition) is 6. The van der Waals surface area contributed by atoms with Crippen molar-refractivity contribution in [1.82, 2.24) is 15.0 Å². The Morgan fingerprint density at radius 3 is 2.84 bits per heavy atom. The Bertz CT molecular complexity index is 450. The summed E-state index contributed by atoms with van der Waals surface area (Å²) in [4.78, 5) is 18.3. The first-order valence-corrected chi connectivity index (χ1v) is 6.52. The first kappa shape index (κ1) is 14.1. The zero-order valence-electron chi connectivity index (χ0n) is 12.0. The number of carbonyl (C=O) groups is 1. The van der Waals surface area contributed by atoms with Crippen molar-refractivity contribution in [3.05, 3.63) is 11.7 Å². The maximum absolute atomic E-state index is 11.9. The molecule has 2 rings (SSSR count). The monoisotopic (exact) mass is 267 g/mol. The van der Waals surface area contributed by atoms with Crippen molar-refractivity contribution in [2.45, 2.75) is 33.3 Å². The third-order valence-electron chi connectivity index (χ3n) is 3.19. The molecule has 6 heteroatoms. The van der Waals surface area contributed by atoms with Crippen LogP contribution < -0.4 is 0 Å². The van der Waals surface area contributed by atoms with Crippen molar-refractivity contribution < 1.29 is 14.1 Å². The molecule has 1 saturated heterocycles. The molecule has 0 bridgehead atoms. The van der Waals surface area contributed by atoms with Crippen LogP contribution in [0, 0.1) is 5.41 Å².